The summed E-state index contributed by atoms with van der Waals surface area (Å²) in [6.45, 7) is 0.936. The Hall–Kier alpha value is -3.03. The van der Waals surface area contributed by atoms with E-state index in [1.807, 2.05) is 10.6 Å². The van der Waals surface area contributed by atoms with Crippen LogP contribution >= 0.6 is 11.6 Å². The second-order valence-corrected chi connectivity index (χ2v) is 10.8. The lowest BCUT2D eigenvalue weighted by Gasteiger charge is -2.36. The smallest absolute Gasteiger partial charge is 0.402 e. The minimum atomic E-state index is -4.82. The Morgan fingerprint density at radius 3 is 2.50 bits per heavy atom. The van der Waals surface area contributed by atoms with Gasteiger partial charge in [0.2, 0.25) is 0 Å². The molecule has 0 aliphatic carbocycles. The van der Waals surface area contributed by atoms with E-state index in [4.69, 9.17) is 16.3 Å². The number of ether oxygens (including phenoxy) is 2. The summed E-state index contributed by atoms with van der Waals surface area (Å²) in [5.41, 5.74) is 1.57. The van der Waals surface area contributed by atoms with Crippen LogP contribution in [-0.4, -0.2) is 69.8 Å². The monoisotopic (exact) mass is 584 g/mol. The molecule has 0 spiro atoms. The molecule has 0 atom stereocenters. The van der Waals surface area contributed by atoms with Crippen LogP contribution in [-0.2, 0) is 17.8 Å². The highest BCUT2D eigenvalue weighted by Gasteiger charge is 2.46. The molecule has 0 unspecified atom stereocenters. The first-order valence-corrected chi connectivity index (χ1v) is 13.3. The van der Waals surface area contributed by atoms with Crippen molar-refractivity contribution in [3.8, 4) is 11.4 Å². The summed E-state index contributed by atoms with van der Waals surface area (Å²) in [6.07, 6.45) is -2.24. The number of hydrogen-bond acceptors (Lipinski definition) is 7. The van der Waals surface area contributed by atoms with Crippen LogP contribution in [0.4, 0.5) is 27.8 Å². The second kappa shape index (κ2) is 10.4. The van der Waals surface area contributed by atoms with Gasteiger partial charge in [-0.3, -0.25) is 9.47 Å². The van der Waals surface area contributed by atoms with Crippen LogP contribution in [0.3, 0.4) is 0 Å². The molecule has 1 aromatic carbocycles. The minimum absolute atomic E-state index is 0.0462. The van der Waals surface area contributed by atoms with Gasteiger partial charge in [-0.15, -0.1) is 23.4 Å². The first-order valence-electron chi connectivity index (χ1n) is 12.9. The molecule has 0 amide bonds. The number of nitrogens with zero attached hydrogens (tertiary/aromatic N) is 6. The minimum Gasteiger partial charge on any atom is -0.402 e. The second-order valence-electron chi connectivity index (χ2n) is 10.4. The van der Waals surface area contributed by atoms with Gasteiger partial charge in [0.25, 0.3) is 5.92 Å². The number of piperidine rings is 1. The lowest BCUT2D eigenvalue weighted by Crippen LogP contribution is -2.49. The third-order valence-corrected chi connectivity index (χ3v) is 7.84. The molecule has 3 aliphatic rings. The lowest BCUT2D eigenvalue weighted by molar-refractivity contribution is -0.274. The Balaban J connectivity index is 1.25. The van der Waals surface area contributed by atoms with Crippen molar-refractivity contribution in [2.75, 3.05) is 37.7 Å². The predicted molar refractivity (Wildman–Crippen MR) is 135 cm³/mol. The van der Waals surface area contributed by atoms with Crippen LogP contribution in [0.15, 0.2) is 36.5 Å². The largest absolute Gasteiger partial charge is 0.573 e. The Kier molecular flexibility index (Phi) is 7.07. The average Bonchev–Trinajstić information content (AvgIpc) is 3.18. The summed E-state index contributed by atoms with van der Waals surface area (Å²) in [4.78, 5) is 7.56. The van der Waals surface area contributed by atoms with Crippen molar-refractivity contribution >= 4 is 17.4 Å². The summed E-state index contributed by atoms with van der Waals surface area (Å²) >= 11 is 6.29. The Morgan fingerprint density at radius 1 is 1.02 bits per heavy atom. The Morgan fingerprint density at radius 2 is 1.80 bits per heavy atom. The molecular weight excluding hydrogens is 559 g/mol. The molecule has 6 rings (SSSR count). The van der Waals surface area contributed by atoms with Crippen molar-refractivity contribution in [1.82, 2.24) is 24.6 Å². The van der Waals surface area contributed by atoms with Gasteiger partial charge in [-0.25, -0.2) is 13.8 Å². The number of alkyl halides is 5. The van der Waals surface area contributed by atoms with Crippen molar-refractivity contribution < 1.29 is 31.4 Å². The van der Waals surface area contributed by atoms with E-state index in [2.05, 4.69) is 19.9 Å². The van der Waals surface area contributed by atoms with Gasteiger partial charge in [-0.05, 0) is 48.7 Å². The molecule has 2 aromatic heterocycles. The fraction of sp³-hybridized carbons (Fsp3) is 0.500. The van der Waals surface area contributed by atoms with Gasteiger partial charge < -0.3 is 14.4 Å². The maximum Gasteiger partial charge on any atom is 0.573 e. The van der Waals surface area contributed by atoms with E-state index in [0.29, 0.717) is 42.6 Å². The number of rotatable bonds is 6. The number of hydrogen-bond donors (Lipinski definition) is 0. The van der Waals surface area contributed by atoms with E-state index < -0.39 is 24.7 Å². The van der Waals surface area contributed by atoms with Crippen LogP contribution in [0.1, 0.15) is 36.0 Å². The predicted octanol–water partition coefficient (Wildman–Crippen LogP) is 5.20. The maximum atomic E-state index is 14.9. The Labute approximate surface area is 231 Å². The normalized spacial score (nSPS) is 19.1. The maximum absolute atomic E-state index is 14.9. The molecule has 3 aromatic rings. The van der Waals surface area contributed by atoms with Crippen LogP contribution in [0, 0.1) is 5.92 Å². The van der Waals surface area contributed by atoms with Gasteiger partial charge in [0, 0.05) is 36.8 Å². The topological polar surface area (TPSA) is 68.5 Å². The highest BCUT2D eigenvalue weighted by molar-refractivity contribution is 6.30. The molecule has 214 valence electrons. The van der Waals surface area contributed by atoms with E-state index in [9.17, 15) is 22.0 Å². The van der Waals surface area contributed by atoms with Gasteiger partial charge in [0.05, 0.1) is 37.9 Å². The van der Waals surface area contributed by atoms with Crippen LogP contribution in [0.5, 0.6) is 5.75 Å². The average molecular weight is 585 g/mol. The zero-order chi connectivity index (χ0) is 28.1. The highest BCUT2D eigenvalue weighted by atomic mass is 35.5. The molecule has 40 heavy (non-hydrogen) atoms. The molecule has 14 heteroatoms. The van der Waals surface area contributed by atoms with Gasteiger partial charge in [-0.2, -0.15) is 0 Å². The van der Waals surface area contributed by atoms with E-state index in [0.717, 1.165) is 11.3 Å². The first kappa shape index (κ1) is 27.2. The number of aromatic nitrogens is 4. The standard InChI is InChI=1S/C26H26ClF5N6O2/c27-19-3-4-20-17(10-19)11-36(15-25(28,29)18-13-39-14-18)12-22-34-35-23(38(20)22)16-5-8-37(9-6-16)24-21(2-1-7-33-24)40-26(30,31)32/h1-4,7,10,16,18H,5-6,8-9,11-15H2. The van der Waals surface area contributed by atoms with Crippen molar-refractivity contribution in [3.63, 3.8) is 0 Å². The van der Waals surface area contributed by atoms with Crippen LogP contribution < -0.4 is 9.64 Å². The summed E-state index contributed by atoms with van der Waals surface area (Å²) in [6, 6.07) is 8.01. The quantitative estimate of drug-likeness (QED) is 0.369. The fourth-order valence-corrected chi connectivity index (χ4v) is 5.74. The zero-order valence-electron chi connectivity index (χ0n) is 21.3. The van der Waals surface area contributed by atoms with E-state index in [-0.39, 0.29) is 43.8 Å². The van der Waals surface area contributed by atoms with Crippen molar-refractivity contribution in [2.24, 2.45) is 5.92 Å². The number of fused-ring (bicyclic) bond motifs is 3. The molecule has 0 N–H and O–H groups in total. The Bertz CT molecular complexity index is 1370. The first-order chi connectivity index (χ1) is 19.1. The molecule has 0 saturated carbocycles. The molecular formula is C26H26ClF5N6O2. The number of anilines is 1. The molecule has 8 nitrogen and oxygen atoms in total. The van der Waals surface area contributed by atoms with Crippen LogP contribution in [0.25, 0.3) is 5.69 Å². The fourth-order valence-electron chi connectivity index (χ4n) is 5.55. The van der Waals surface area contributed by atoms with Gasteiger partial charge in [0.1, 0.15) is 5.82 Å². The number of halogens is 6. The summed E-state index contributed by atoms with van der Waals surface area (Å²) in [7, 11) is 0. The molecule has 0 radical (unpaired) electrons. The van der Waals surface area contributed by atoms with Gasteiger partial charge >= 0.3 is 6.36 Å². The van der Waals surface area contributed by atoms with Crippen molar-refractivity contribution in [2.45, 2.75) is 44.1 Å². The van der Waals surface area contributed by atoms with Crippen LogP contribution in [0.2, 0.25) is 5.02 Å². The summed E-state index contributed by atoms with van der Waals surface area (Å²) in [5, 5.41) is 9.38. The molecule has 2 saturated heterocycles. The summed E-state index contributed by atoms with van der Waals surface area (Å²) < 4.78 is 79.7. The molecule has 5 heterocycles. The molecule has 2 fully saturated rings. The van der Waals surface area contributed by atoms with Crippen molar-refractivity contribution in [1.29, 1.82) is 0 Å². The highest BCUT2D eigenvalue weighted by Crippen LogP contribution is 2.38. The number of pyridine rings is 1. The van der Waals surface area contributed by atoms with Gasteiger partial charge in [-0.1, -0.05) is 11.6 Å². The molecule has 0 bridgehead atoms. The third kappa shape index (κ3) is 5.46. The third-order valence-electron chi connectivity index (χ3n) is 7.60. The van der Waals surface area contributed by atoms with E-state index >= 15 is 0 Å². The van der Waals surface area contributed by atoms with Gasteiger partial charge in [0.15, 0.2) is 17.4 Å². The van der Waals surface area contributed by atoms with E-state index in [1.54, 1.807) is 21.9 Å². The van der Waals surface area contributed by atoms with E-state index in [1.165, 1.54) is 18.3 Å². The SMILES string of the molecule is FC(F)(F)Oc1cccnc1N1CCC(c2nnc3n2-c2ccc(Cl)cc2CN(CC(F)(F)C2COC2)C3)CC1. The zero-order valence-corrected chi connectivity index (χ0v) is 22.0. The summed E-state index contributed by atoms with van der Waals surface area (Å²) in [5.74, 6) is -2.77. The van der Waals surface area contributed by atoms with Crippen molar-refractivity contribution in [3.05, 3.63) is 58.8 Å². The number of benzene rings is 1. The lowest BCUT2D eigenvalue weighted by atomic mass is 9.95. The molecule has 3 aliphatic heterocycles.